The molecule has 0 heterocycles. The quantitative estimate of drug-likeness (QED) is 0.670. The van der Waals surface area contributed by atoms with E-state index in [0.29, 0.717) is 0 Å². The van der Waals surface area contributed by atoms with Crippen molar-refractivity contribution in [3.8, 4) is 0 Å². The average Bonchev–Trinajstić information content (AvgIpc) is 2.15. The number of nitrogen functional groups attached to an aromatic ring is 1. The molecule has 0 radical (unpaired) electrons. The van der Waals surface area contributed by atoms with Crippen molar-refractivity contribution in [3.05, 3.63) is 29.6 Å². The zero-order valence-electron chi connectivity index (χ0n) is 9.25. The molecule has 1 aromatic carbocycles. The summed E-state index contributed by atoms with van der Waals surface area (Å²) >= 11 is 0. The van der Waals surface area contributed by atoms with Crippen LogP contribution in [0.2, 0.25) is 0 Å². The Morgan fingerprint density at radius 1 is 1.50 bits per heavy atom. The number of anilines is 1. The molecule has 1 aromatic rings. The van der Waals surface area contributed by atoms with Gasteiger partial charge >= 0.3 is 0 Å². The minimum absolute atomic E-state index is 0.138. The largest absolute Gasteiger partial charge is 0.399 e. The van der Waals surface area contributed by atoms with Gasteiger partial charge in [-0.3, -0.25) is 4.79 Å². The highest BCUT2D eigenvalue weighted by Crippen LogP contribution is 2.12. The molecule has 0 saturated heterocycles. The lowest BCUT2D eigenvalue weighted by atomic mass is 10.1. The van der Waals surface area contributed by atoms with Gasteiger partial charge in [0.05, 0.1) is 12.1 Å². The molecule has 1 rings (SSSR count). The summed E-state index contributed by atoms with van der Waals surface area (Å²) in [7, 11) is 0. The lowest BCUT2D eigenvalue weighted by Gasteiger charge is -2.23. The maximum atomic E-state index is 13.0. The number of halogens is 1. The first-order valence-electron chi connectivity index (χ1n) is 4.83. The zero-order chi connectivity index (χ0) is 12.3. The third-order valence-corrected chi connectivity index (χ3v) is 2.03. The van der Waals surface area contributed by atoms with Crippen LogP contribution in [0.5, 0.6) is 0 Å². The first-order valence-corrected chi connectivity index (χ1v) is 4.83. The van der Waals surface area contributed by atoms with Crippen LogP contribution < -0.4 is 11.1 Å². The highest BCUT2D eigenvalue weighted by molar-refractivity contribution is 5.95. The Labute approximate surface area is 93.3 Å². The van der Waals surface area contributed by atoms with Gasteiger partial charge in [-0.05, 0) is 32.0 Å². The van der Waals surface area contributed by atoms with Crippen LogP contribution in [0, 0.1) is 5.82 Å². The first-order chi connectivity index (χ1) is 7.34. The van der Waals surface area contributed by atoms with E-state index in [9.17, 15) is 9.18 Å². The Hall–Kier alpha value is -1.62. The van der Waals surface area contributed by atoms with Crippen LogP contribution in [0.1, 0.15) is 24.2 Å². The van der Waals surface area contributed by atoms with Crippen LogP contribution in [0.15, 0.2) is 18.2 Å². The standard InChI is InChI=1S/C11H15FN2O2/c1-11(2,6-15)14-10(16)7-3-8(12)5-9(13)4-7/h3-5,15H,6,13H2,1-2H3,(H,14,16). The van der Waals surface area contributed by atoms with Gasteiger partial charge in [0.1, 0.15) is 5.82 Å². The van der Waals surface area contributed by atoms with Crippen molar-refractivity contribution in [3.63, 3.8) is 0 Å². The van der Waals surface area contributed by atoms with Crippen molar-refractivity contribution in [1.29, 1.82) is 0 Å². The molecule has 0 aliphatic rings. The number of aliphatic hydroxyl groups is 1. The van der Waals surface area contributed by atoms with Crippen molar-refractivity contribution >= 4 is 11.6 Å². The van der Waals surface area contributed by atoms with Gasteiger partial charge in [-0.2, -0.15) is 0 Å². The molecule has 16 heavy (non-hydrogen) atoms. The van der Waals surface area contributed by atoms with Crippen LogP contribution in [0.3, 0.4) is 0 Å². The number of rotatable bonds is 3. The third-order valence-electron chi connectivity index (χ3n) is 2.03. The molecule has 0 fully saturated rings. The molecule has 4 nitrogen and oxygen atoms in total. The molecule has 0 aliphatic heterocycles. The third kappa shape index (κ3) is 3.20. The van der Waals surface area contributed by atoms with Gasteiger partial charge in [-0.25, -0.2) is 4.39 Å². The molecule has 5 heteroatoms. The predicted octanol–water partition coefficient (Wildman–Crippen LogP) is 0.909. The van der Waals surface area contributed by atoms with Gasteiger partial charge in [-0.1, -0.05) is 0 Å². The van der Waals surface area contributed by atoms with E-state index in [0.717, 1.165) is 12.1 Å². The first kappa shape index (κ1) is 12.4. The number of hydrogen-bond acceptors (Lipinski definition) is 3. The number of carbonyl (C=O) groups is 1. The molecular weight excluding hydrogens is 211 g/mol. The van der Waals surface area contributed by atoms with E-state index < -0.39 is 17.3 Å². The fraction of sp³-hybridized carbons (Fsp3) is 0.364. The summed E-state index contributed by atoms with van der Waals surface area (Å²) in [5.41, 5.74) is 5.00. The molecule has 0 unspecified atom stereocenters. The SMILES string of the molecule is CC(C)(CO)NC(=O)c1cc(N)cc(F)c1. The van der Waals surface area contributed by atoms with E-state index in [2.05, 4.69) is 5.32 Å². The van der Waals surface area contributed by atoms with E-state index in [1.807, 2.05) is 0 Å². The van der Waals surface area contributed by atoms with Gasteiger partial charge in [0.2, 0.25) is 0 Å². The van der Waals surface area contributed by atoms with Gasteiger partial charge in [0, 0.05) is 11.3 Å². The van der Waals surface area contributed by atoms with E-state index in [4.69, 9.17) is 10.8 Å². The van der Waals surface area contributed by atoms with E-state index in [-0.39, 0.29) is 17.9 Å². The van der Waals surface area contributed by atoms with Crippen LogP contribution in [0.25, 0.3) is 0 Å². The number of nitrogens with two attached hydrogens (primary N) is 1. The Bertz CT molecular complexity index is 385. The summed E-state index contributed by atoms with van der Waals surface area (Å²) in [6, 6.07) is 3.61. The summed E-state index contributed by atoms with van der Waals surface area (Å²) < 4.78 is 13.0. The second-order valence-corrected chi connectivity index (χ2v) is 4.27. The Morgan fingerprint density at radius 3 is 2.62 bits per heavy atom. The van der Waals surface area contributed by atoms with Gasteiger partial charge in [0.15, 0.2) is 0 Å². The lowest BCUT2D eigenvalue weighted by Crippen LogP contribution is -2.46. The second kappa shape index (κ2) is 4.49. The molecule has 0 spiro atoms. The highest BCUT2D eigenvalue weighted by Gasteiger charge is 2.20. The van der Waals surface area contributed by atoms with Crippen molar-refractivity contribution in [1.82, 2.24) is 5.32 Å². The molecule has 0 bridgehead atoms. The highest BCUT2D eigenvalue weighted by atomic mass is 19.1. The van der Waals surface area contributed by atoms with E-state index >= 15 is 0 Å². The minimum Gasteiger partial charge on any atom is -0.399 e. The monoisotopic (exact) mass is 226 g/mol. The van der Waals surface area contributed by atoms with Gasteiger partial charge < -0.3 is 16.2 Å². The number of benzene rings is 1. The average molecular weight is 226 g/mol. The second-order valence-electron chi connectivity index (χ2n) is 4.27. The predicted molar refractivity (Wildman–Crippen MR) is 59.4 cm³/mol. The summed E-state index contributed by atoms with van der Waals surface area (Å²) in [4.78, 5) is 11.7. The number of carbonyl (C=O) groups excluding carboxylic acids is 1. The van der Waals surface area contributed by atoms with Crippen molar-refractivity contribution < 1.29 is 14.3 Å². The molecule has 0 aromatic heterocycles. The van der Waals surface area contributed by atoms with Crippen LogP contribution >= 0.6 is 0 Å². The molecule has 4 N–H and O–H groups in total. The smallest absolute Gasteiger partial charge is 0.251 e. The van der Waals surface area contributed by atoms with E-state index in [1.165, 1.54) is 6.07 Å². The van der Waals surface area contributed by atoms with Crippen molar-refractivity contribution in [2.75, 3.05) is 12.3 Å². The number of nitrogens with one attached hydrogen (secondary N) is 1. The van der Waals surface area contributed by atoms with Gasteiger partial charge in [0.25, 0.3) is 5.91 Å². The zero-order valence-corrected chi connectivity index (χ0v) is 9.25. The number of aliphatic hydroxyl groups excluding tert-OH is 1. The normalized spacial score (nSPS) is 11.2. The fourth-order valence-electron chi connectivity index (χ4n) is 1.16. The van der Waals surface area contributed by atoms with Gasteiger partial charge in [-0.15, -0.1) is 0 Å². The van der Waals surface area contributed by atoms with Crippen LogP contribution in [0.4, 0.5) is 10.1 Å². The number of amides is 1. The number of hydrogen-bond donors (Lipinski definition) is 3. The van der Waals surface area contributed by atoms with E-state index in [1.54, 1.807) is 13.8 Å². The maximum absolute atomic E-state index is 13.0. The Kier molecular flexibility index (Phi) is 3.49. The van der Waals surface area contributed by atoms with Crippen LogP contribution in [-0.4, -0.2) is 23.2 Å². The lowest BCUT2D eigenvalue weighted by molar-refractivity contribution is 0.0869. The summed E-state index contributed by atoms with van der Waals surface area (Å²) in [5.74, 6) is -1.03. The Morgan fingerprint density at radius 2 is 2.12 bits per heavy atom. The van der Waals surface area contributed by atoms with Crippen LogP contribution in [-0.2, 0) is 0 Å². The minimum atomic E-state index is -0.752. The molecule has 1 amide bonds. The molecule has 0 aliphatic carbocycles. The maximum Gasteiger partial charge on any atom is 0.251 e. The molecular formula is C11H15FN2O2. The fourth-order valence-corrected chi connectivity index (χ4v) is 1.16. The molecule has 0 saturated carbocycles. The van der Waals surface area contributed by atoms with Crippen molar-refractivity contribution in [2.45, 2.75) is 19.4 Å². The summed E-state index contributed by atoms with van der Waals surface area (Å²) in [6.45, 7) is 3.12. The Balaban J connectivity index is 2.89. The molecule has 0 atom stereocenters. The van der Waals surface area contributed by atoms with Crippen molar-refractivity contribution in [2.24, 2.45) is 0 Å². The summed E-state index contributed by atoms with van der Waals surface area (Å²) in [6.07, 6.45) is 0. The molecule has 88 valence electrons. The topological polar surface area (TPSA) is 75.3 Å². The summed E-state index contributed by atoms with van der Waals surface area (Å²) in [5, 5.41) is 11.6.